The van der Waals surface area contributed by atoms with Gasteiger partial charge in [-0.1, -0.05) is 85.0 Å². The molecule has 0 amide bonds. The van der Waals surface area contributed by atoms with Crippen LogP contribution in [-0.4, -0.2) is 16.5 Å². The summed E-state index contributed by atoms with van der Waals surface area (Å²) in [5, 5.41) is 17.7. The van der Waals surface area contributed by atoms with Gasteiger partial charge in [-0.3, -0.25) is 0 Å². The van der Waals surface area contributed by atoms with Crippen molar-refractivity contribution in [2.45, 2.75) is 130 Å². The Morgan fingerprint density at radius 2 is 0.957 bits per heavy atom. The second-order valence-corrected chi connectivity index (χ2v) is 7.60. The molecule has 0 bridgehead atoms. The van der Waals surface area contributed by atoms with Crippen LogP contribution in [0.4, 0.5) is 0 Å². The average Bonchev–Trinajstić information content (AvgIpc) is 2.54. The average molecular weight is 329 g/mol. The molecule has 0 aromatic heterocycles. The van der Waals surface area contributed by atoms with Crippen molar-refractivity contribution in [1.29, 1.82) is 0 Å². The van der Waals surface area contributed by atoms with Gasteiger partial charge >= 0.3 is 0 Å². The van der Waals surface area contributed by atoms with E-state index in [9.17, 15) is 0 Å². The third kappa shape index (κ3) is 12.9. The van der Waals surface area contributed by atoms with E-state index in [-0.39, 0.29) is 0 Å². The number of hydrogen-bond donors (Lipinski definition) is 2. The molecular weight excluding hydrogens is 284 g/mol. The van der Waals surface area contributed by atoms with Crippen LogP contribution < -0.4 is 0 Å². The van der Waals surface area contributed by atoms with Crippen molar-refractivity contribution in [1.82, 2.24) is 0 Å². The summed E-state index contributed by atoms with van der Waals surface area (Å²) in [6, 6.07) is 0. The van der Waals surface area contributed by atoms with Crippen molar-refractivity contribution in [2.24, 2.45) is 5.41 Å². The van der Waals surface area contributed by atoms with Crippen LogP contribution in [-0.2, 0) is 0 Å². The van der Waals surface area contributed by atoms with E-state index in [4.69, 9.17) is 10.2 Å². The summed E-state index contributed by atoms with van der Waals surface area (Å²) in [5.41, 5.74) is 0.614. The van der Waals surface area contributed by atoms with Crippen molar-refractivity contribution in [3.63, 3.8) is 0 Å². The number of unbranched alkanes of at least 4 members (excludes halogenated alkanes) is 7. The molecule has 23 heavy (non-hydrogen) atoms. The van der Waals surface area contributed by atoms with Gasteiger partial charge in [0.25, 0.3) is 0 Å². The van der Waals surface area contributed by atoms with Crippen molar-refractivity contribution in [3.05, 3.63) is 0 Å². The van der Waals surface area contributed by atoms with E-state index in [0.717, 1.165) is 12.8 Å². The summed E-state index contributed by atoms with van der Waals surface area (Å²) in [6.45, 7) is 6.96. The monoisotopic (exact) mass is 328 g/mol. The minimum absolute atomic E-state index is 0.535. The Hall–Kier alpha value is -0.0800. The summed E-state index contributed by atoms with van der Waals surface area (Å²) in [7, 11) is 0. The first-order valence-electron chi connectivity index (χ1n) is 10.5. The van der Waals surface area contributed by atoms with Crippen LogP contribution in [0.1, 0.15) is 124 Å². The molecule has 0 aliphatic carbocycles. The van der Waals surface area contributed by atoms with Crippen LogP contribution in [0.25, 0.3) is 0 Å². The first-order chi connectivity index (χ1) is 11.1. The fourth-order valence-electron chi connectivity index (χ4n) is 3.76. The highest BCUT2D eigenvalue weighted by molar-refractivity contribution is 4.79. The lowest BCUT2D eigenvalue weighted by atomic mass is 9.71. The zero-order valence-electron chi connectivity index (χ0n) is 16.3. The summed E-state index contributed by atoms with van der Waals surface area (Å²) in [6.07, 6.45) is 19.3. The van der Waals surface area contributed by atoms with Crippen LogP contribution in [0, 0.1) is 5.41 Å². The summed E-state index contributed by atoms with van der Waals surface area (Å²) >= 11 is 0. The van der Waals surface area contributed by atoms with Crippen LogP contribution in [0.5, 0.6) is 0 Å². The van der Waals surface area contributed by atoms with Crippen molar-refractivity contribution >= 4 is 0 Å². The predicted octanol–water partition coefficient (Wildman–Crippen LogP) is 6.58. The van der Waals surface area contributed by atoms with Gasteiger partial charge in [-0.25, -0.2) is 0 Å². The fraction of sp³-hybridized carbons (Fsp3) is 1.00. The largest absolute Gasteiger partial charge is 0.368 e. The van der Waals surface area contributed by atoms with Gasteiger partial charge in [0.05, 0.1) is 0 Å². The van der Waals surface area contributed by atoms with Crippen LogP contribution in [0.2, 0.25) is 0 Å². The van der Waals surface area contributed by atoms with E-state index in [1.54, 1.807) is 0 Å². The Morgan fingerprint density at radius 3 is 1.39 bits per heavy atom. The molecule has 0 spiro atoms. The maximum absolute atomic E-state index is 8.86. The molecule has 0 radical (unpaired) electrons. The highest BCUT2D eigenvalue weighted by Crippen LogP contribution is 2.41. The minimum Gasteiger partial charge on any atom is -0.368 e. The van der Waals surface area contributed by atoms with Crippen molar-refractivity contribution in [2.75, 3.05) is 0 Å². The molecule has 0 saturated carbocycles. The number of aliphatic hydroxyl groups is 2. The second-order valence-electron chi connectivity index (χ2n) is 7.60. The molecule has 0 fully saturated rings. The summed E-state index contributed by atoms with van der Waals surface area (Å²) in [5.74, 6) is 0. The molecule has 0 atom stereocenters. The maximum atomic E-state index is 8.86. The van der Waals surface area contributed by atoms with E-state index in [1.807, 2.05) is 0 Å². The Morgan fingerprint density at radius 1 is 0.565 bits per heavy atom. The zero-order chi connectivity index (χ0) is 17.4. The molecule has 0 aliphatic rings. The van der Waals surface area contributed by atoms with Gasteiger partial charge in [-0.2, -0.15) is 0 Å². The van der Waals surface area contributed by atoms with Gasteiger partial charge in [-0.15, -0.1) is 0 Å². The van der Waals surface area contributed by atoms with Gasteiger partial charge in [0.2, 0.25) is 0 Å². The minimum atomic E-state index is -1.11. The number of hydrogen-bond acceptors (Lipinski definition) is 2. The highest BCUT2D eigenvalue weighted by Gasteiger charge is 2.27. The highest BCUT2D eigenvalue weighted by atomic mass is 16.5. The molecule has 0 aromatic rings. The van der Waals surface area contributed by atoms with Crippen LogP contribution in [0.3, 0.4) is 0 Å². The quantitative estimate of drug-likeness (QED) is 0.234. The van der Waals surface area contributed by atoms with Crippen LogP contribution in [0.15, 0.2) is 0 Å². The molecule has 2 N–H and O–H groups in total. The maximum Gasteiger partial charge on any atom is 0.151 e. The molecular formula is C21H44O2. The lowest BCUT2D eigenvalue weighted by molar-refractivity contribution is -0.0466. The lowest BCUT2D eigenvalue weighted by Crippen LogP contribution is -2.21. The number of rotatable bonds is 17. The lowest BCUT2D eigenvalue weighted by Gasteiger charge is -2.35. The molecule has 0 unspecified atom stereocenters. The van der Waals surface area contributed by atoms with E-state index in [1.165, 1.54) is 83.5 Å². The summed E-state index contributed by atoms with van der Waals surface area (Å²) < 4.78 is 0. The first-order valence-corrected chi connectivity index (χ1v) is 10.5. The molecule has 0 rings (SSSR count). The van der Waals surface area contributed by atoms with Gasteiger partial charge < -0.3 is 10.2 Å². The Balaban J connectivity index is 4.19. The smallest absolute Gasteiger partial charge is 0.151 e. The second kappa shape index (κ2) is 15.4. The molecule has 0 aromatic carbocycles. The zero-order valence-corrected chi connectivity index (χ0v) is 16.3. The molecule has 0 heterocycles. The normalized spacial score (nSPS) is 12.3. The van der Waals surface area contributed by atoms with Gasteiger partial charge in [0.15, 0.2) is 6.29 Å². The fourth-order valence-corrected chi connectivity index (χ4v) is 3.76. The standard InChI is InChI=1S/C21H44O2/c1-4-7-16-21(17-8-5-2,18-9-6-3)19-14-12-10-11-13-15-20(22)23/h20,22-23H,4-19H2,1-3H3. The SMILES string of the molecule is CCCCC(CCCC)(CCCC)CCCCCCCC(O)O. The van der Waals surface area contributed by atoms with E-state index in [0.29, 0.717) is 11.8 Å². The topological polar surface area (TPSA) is 40.5 Å². The van der Waals surface area contributed by atoms with Crippen LogP contribution >= 0.6 is 0 Å². The molecule has 0 saturated heterocycles. The number of aliphatic hydroxyl groups excluding tert-OH is 1. The van der Waals surface area contributed by atoms with Crippen molar-refractivity contribution in [3.8, 4) is 0 Å². The third-order valence-corrected chi connectivity index (χ3v) is 5.35. The van der Waals surface area contributed by atoms with E-state index >= 15 is 0 Å². The van der Waals surface area contributed by atoms with Crippen molar-refractivity contribution < 1.29 is 10.2 Å². The van der Waals surface area contributed by atoms with Gasteiger partial charge in [-0.05, 0) is 43.9 Å². The predicted molar refractivity (Wildman–Crippen MR) is 102 cm³/mol. The van der Waals surface area contributed by atoms with E-state index < -0.39 is 6.29 Å². The summed E-state index contributed by atoms with van der Waals surface area (Å²) in [4.78, 5) is 0. The first kappa shape index (κ1) is 22.9. The Labute approximate surface area is 146 Å². The molecule has 2 heteroatoms. The molecule has 140 valence electrons. The Kier molecular flexibility index (Phi) is 15.4. The van der Waals surface area contributed by atoms with Gasteiger partial charge in [0.1, 0.15) is 0 Å². The van der Waals surface area contributed by atoms with Gasteiger partial charge in [0, 0.05) is 0 Å². The molecule has 2 nitrogen and oxygen atoms in total. The third-order valence-electron chi connectivity index (χ3n) is 5.35. The van der Waals surface area contributed by atoms with E-state index in [2.05, 4.69) is 20.8 Å². The Bertz CT molecular complexity index is 216. The molecule has 0 aliphatic heterocycles.